The number of nitrogens with one attached hydrogen (secondary N) is 2. The summed E-state index contributed by atoms with van der Waals surface area (Å²) in [4.78, 5) is 2.44. The maximum Gasteiger partial charge on any atom is 0.132 e. The molecule has 59 heavy (non-hydrogen) atoms. The molecule has 7 aromatic rings. The number of anilines is 1. The van der Waals surface area contributed by atoms with Gasteiger partial charge in [0.25, 0.3) is 0 Å². The molecule has 290 valence electrons. The van der Waals surface area contributed by atoms with Crippen LogP contribution >= 0.6 is 0 Å². The van der Waals surface area contributed by atoms with Gasteiger partial charge in [0, 0.05) is 23.1 Å². The maximum absolute atomic E-state index is 4.01. The summed E-state index contributed by atoms with van der Waals surface area (Å²) in [5.41, 5.74) is 21.7. The summed E-state index contributed by atoms with van der Waals surface area (Å²) < 4.78 is 0. The average molecular weight is 766 g/mol. The van der Waals surface area contributed by atoms with E-state index >= 15 is 0 Å². The molecule has 1 atom stereocenters. The van der Waals surface area contributed by atoms with Gasteiger partial charge in [-0.25, -0.2) is 0 Å². The topological polar surface area (TPSA) is 27.3 Å². The lowest BCUT2D eigenvalue weighted by Gasteiger charge is -2.31. The molecule has 0 saturated carbocycles. The molecule has 0 amide bonds. The predicted molar refractivity (Wildman–Crippen MR) is 248 cm³/mol. The summed E-state index contributed by atoms with van der Waals surface area (Å²) in [6.45, 7) is 14.2. The van der Waals surface area contributed by atoms with Crippen molar-refractivity contribution in [3.8, 4) is 44.5 Å². The molecule has 1 unspecified atom stereocenters. The van der Waals surface area contributed by atoms with E-state index in [1.54, 1.807) is 0 Å². The number of rotatable bonds is 5. The van der Waals surface area contributed by atoms with Crippen LogP contribution in [0.25, 0.3) is 50.1 Å². The lowest BCUT2D eigenvalue weighted by molar-refractivity contribution is 0.642. The normalized spacial score (nSPS) is 17.3. The largest absolute Gasteiger partial charge is 0.366 e. The van der Waals surface area contributed by atoms with Crippen molar-refractivity contribution in [1.29, 1.82) is 0 Å². The fraction of sp³-hybridized carbons (Fsp3) is 0.179. The van der Waals surface area contributed by atoms with Crippen LogP contribution in [0.3, 0.4) is 0 Å². The lowest BCUT2D eigenvalue weighted by Crippen LogP contribution is -2.34. The van der Waals surface area contributed by atoms with Gasteiger partial charge in [-0.2, -0.15) is 0 Å². The monoisotopic (exact) mass is 765 g/mol. The first kappa shape index (κ1) is 36.7. The highest BCUT2D eigenvalue weighted by molar-refractivity contribution is 5.88. The van der Waals surface area contributed by atoms with Crippen molar-refractivity contribution >= 4 is 11.3 Å². The Kier molecular flexibility index (Phi) is 8.76. The van der Waals surface area contributed by atoms with Gasteiger partial charge >= 0.3 is 0 Å². The van der Waals surface area contributed by atoms with Gasteiger partial charge < -0.3 is 15.5 Å². The molecule has 2 aliphatic carbocycles. The number of allylic oxidation sites excluding steroid dienone is 1. The van der Waals surface area contributed by atoms with Crippen LogP contribution in [-0.4, -0.2) is 6.54 Å². The summed E-state index contributed by atoms with van der Waals surface area (Å²) in [6.07, 6.45) is 2.19. The van der Waals surface area contributed by atoms with E-state index < -0.39 is 0 Å². The smallest absolute Gasteiger partial charge is 0.132 e. The van der Waals surface area contributed by atoms with Gasteiger partial charge in [-0.3, -0.25) is 0 Å². The van der Waals surface area contributed by atoms with E-state index in [9.17, 15) is 0 Å². The molecule has 0 radical (unpaired) electrons. The average Bonchev–Trinajstić information content (AvgIpc) is 3.87. The fourth-order valence-corrected chi connectivity index (χ4v) is 10.1. The van der Waals surface area contributed by atoms with Gasteiger partial charge in [-0.15, -0.1) is 0 Å². The van der Waals surface area contributed by atoms with E-state index in [0.29, 0.717) is 0 Å². The van der Waals surface area contributed by atoms with Crippen LogP contribution in [0, 0.1) is 0 Å². The fourth-order valence-electron chi connectivity index (χ4n) is 10.1. The molecule has 0 aromatic heterocycles. The van der Waals surface area contributed by atoms with Crippen LogP contribution in [0.4, 0.5) is 5.69 Å². The third-order valence-corrected chi connectivity index (χ3v) is 13.1. The second-order valence-corrected chi connectivity index (χ2v) is 17.1. The zero-order valence-electron chi connectivity index (χ0n) is 34.9. The van der Waals surface area contributed by atoms with Crippen LogP contribution in [0.2, 0.25) is 0 Å². The highest BCUT2D eigenvalue weighted by atomic mass is 15.4. The van der Waals surface area contributed by atoms with Crippen molar-refractivity contribution in [2.45, 2.75) is 58.5 Å². The van der Waals surface area contributed by atoms with Gasteiger partial charge in [0.2, 0.25) is 0 Å². The Hall–Kier alpha value is -6.58. The Morgan fingerprint density at radius 2 is 0.966 bits per heavy atom. The highest BCUT2D eigenvalue weighted by Gasteiger charge is 2.38. The molecule has 4 aliphatic rings. The third-order valence-electron chi connectivity index (χ3n) is 13.1. The minimum atomic E-state index is -0.141. The van der Waals surface area contributed by atoms with Crippen molar-refractivity contribution in [2.75, 3.05) is 11.4 Å². The zero-order valence-corrected chi connectivity index (χ0v) is 34.9. The van der Waals surface area contributed by atoms with Crippen LogP contribution in [-0.2, 0) is 10.8 Å². The molecule has 0 bridgehead atoms. The first-order chi connectivity index (χ1) is 28.8. The van der Waals surface area contributed by atoms with E-state index in [4.69, 9.17) is 0 Å². The SMILES string of the molecule is CC.CC1(C)c2ccccc2-c2cc(-c3cc(-c4ccc5c(c4)-c4ccccc4C5(C)C)cc(C4NC5=C(NCC(c6ccccc6)=C5)N4c4ccccc4)c3)ccc21. The van der Waals surface area contributed by atoms with Gasteiger partial charge in [0.05, 0.1) is 5.70 Å². The van der Waals surface area contributed by atoms with Crippen molar-refractivity contribution in [3.05, 3.63) is 215 Å². The van der Waals surface area contributed by atoms with Crippen LogP contribution < -0.4 is 15.5 Å². The molecule has 2 aliphatic heterocycles. The van der Waals surface area contributed by atoms with Crippen LogP contribution in [0.1, 0.15) is 81.1 Å². The first-order valence-corrected chi connectivity index (χ1v) is 21.3. The van der Waals surface area contributed by atoms with Gasteiger partial charge in [-0.1, -0.05) is 163 Å². The molecular weight excluding hydrogens is 715 g/mol. The lowest BCUT2D eigenvalue weighted by atomic mass is 9.82. The Morgan fingerprint density at radius 3 is 1.53 bits per heavy atom. The maximum atomic E-state index is 4.01. The van der Waals surface area contributed by atoms with E-state index in [0.717, 1.165) is 23.8 Å². The minimum absolute atomic E-state index is 0.0419. The Labute approximate surface area is 349 Å². The summed E-state index contributed by atoms with van der Waals surface area (Å²) >= 11 is 0. The second-order valence-electron chi connectivity index (χ2n) is 17.1. The first-order valence-electron chi connectivity index (χ1n) is 21.3. The molecule has 0 spiro atoms. The molecule has 7 aromatic carbocycles. The van der Waals surface area contributed by atoms with Crippen molar-refractivity contribution in [2.24, 2.45) is 0 Å². The number of para-hydroxylation sites is 1. The number of dihydropyridines is 1. The zero-order chi connectivity index (χ0) is 40.5. The third kappa shape index (κ3) is 5.86. The van der Waals surface area contributed by atoms with E-state index in [1.165, 1.54) is 83.5 Å². The predicted octanol–water partition coefficient (Wildman–Crippen LogP) is 13.6. The molecule has 2 N–H and O–H groups in total. The Morgan fingerprint density at radius 1 is 0.475 bits per heavy atom. The highest BCUT2D eigenvalue weighted by Crippen LogP contribution is 2.52. The van der Waals surface area contributed by atoms with Crippen molar-refractivity contribution < 1.29 is 0 Å². The van der Waals surface area contributed by atoms with Crippen LogP contribution in [0.15, 0.2) is 181 Å². The summed E-state index contributed by atoms with van der Waals surface area (Å²) in [7, 11) is 0. The van der Waals surface area contributed by atoms with Crippen molar-refractivity contribution in [1.82, 2.24) is 10.6 Å². The number of nitrogens with zero attached hydrogens (tertiary/aromatic N) is 1. The van der Waals surface area contributed by atoms with E-state index in [2.05, 4.69) is 213 Å². The van der Waals surface area contributed by atoms with E-state index in [-0.39, 0.29) is 17.0 Å². The van der Waals surface area contributed by atoms with Gasteiger partial charge in [0.15, 0.2) is 0 Å². The molecule has 0 saturated heterocycles. The van der Waals surface area contributed by atoms with Gasteiger partial charge in [-0.05, 0) is 132 Å². The van der Waals surface area contributed by atoms with E-state index in [1.807, 2.05) is 13.8 Å². The van der Waals surface area contributed by atoms with Crippen LogP contribution in [0.5, 0.6) is 0 Å². The molecule has 11 rings (SSSR count). The summed E-state index contributed by atoms with van der Waals surface area (Å²) in [6, 6.07) is 60.9. The molecule has 0 fully saturated rings. The van der Waals surface area contributed by atoms with Crippen molar-refractivity contribution in [3.63, 3.8) is 0 Å². The molecular formula is C56H51N3. The molecule has 3 heteroatoms. The number of hydrogen-bond acceptors (Lipinski definition) is 3. The number of hydrogen-bond donors (Lipinski definition) is 2. The van der Waals surface area contributed by atoms with Gasteiger partial charge in [0.1, 0.15) is 12.0 Å². The standard InChI is InChI=1S/C54H45N3.C2H6/c1-53(2)46-21-13-11-19-42(46)44-30-35(23-25-48(44)53)37-27-38(36-24-26-49-45(31-36)43-20-12-14-22-47(43)54(49,3)4)29-39(28-37)51-56-50-32-40(34-15-7-5-8-16-34)33-55-52(50)57(51)41-17-9-6-10-18-41;1-2/h5-32,51,55-56H,33H2,1-4H3;1-2H3. The summed E-state index contributed by atoms with van der Waals surface area (Å²) in [5, 5.41) is 7.85. The summed E-state index contributed by atoms with van der Waals surface area (Å²) in [5.74, 6) is 1.10. The quantitative estimate of drug-likeness (QED) is 0.183. The molecule has 2 heterocycles. The molecule has 3 nitrogen and oxygen atoms in total. The number of benzene rings is 7. The number of fused-ring (bicyclic) bond motifs is 6. The Balaban J connectivity index is 0.00000207. The minimum Gasteiger partial charge on any atom is -0.366 e. The Bertz CT molecular complexity index is 2700. The second kappa shape index (κ2) is 14.1.